The van der Waals surface area contributed by atoms with Gasteiger partial charge < -0.3 is 20.4 Å². The number of amides is 4. The Morgan fingerprint density at radius 1 is 0.707 bits per heavy atom. The number of fused-ring (bicyclic) bond motifs is 4. The van der Waals surface area contributed by atoms with E-state index in [4.69, 9.17) is 0 Å². The number of nitrogens with one attached hydrogen (secondary N) is 4. The van der Waals surface area contributed by atoms with Crippen LogP contribution in [0.5, 0.6) is 0 Å². The van der Waals surface area contributed by atoms with Crippen LogP contribution in [-0.4, -0.2) is 88.5 Å². The van der Waals surface area contributed by atoms with E-state index in [9.17, 15) is 26.4 Å². The number of aryl methyl sites for hydroxylation is 3. The summed E-state index contributed by atoms with van der Waals surface area (Å²) in [7, 11) is -7.76. The molecule has 6 rings (SSSR count). The van der Waals surface area contributed by atoms with Crippen LogP contribution < -0.4 is 20.1 Å². The number of hydrogen-bond acceptors (Lipinski definition) is 8. The number of nitrogens with zero attached hydrogens (tertiary/aromatic N) is 2. The van der Waals surface area contributed by atoms with Gasteiger partial charge in [0.15, 0.2) is 0 Å². The summed E-state index contributed by atoms with van der Waals surface area (Å²) in [5, 5.41) is 5.40. The van der Waals surface area contributed by atoms with Crippen LogP contribution in [0.15, 0.2) is 12.1 Å². The first-order valence-corrected chi connectivity index (χ1v) is 25.3. The smallest absolute Gasteiger partial charge is 0.307 e. The summed E-state index contributed by atoms with van der Waals surface area (Å²) in [6.45, 7) is 16.2. The molecular weight excluding hydrogens is 773 g/mol. The fourth-order valence-corrected chi connectivity index (χ4v) is 12.3. The fourth-order valence-electron chi connectivity index (χ4n) is 10.3. The Labute approximate surface area is 348 Å². The number of carbonyl (C=O) groups is 2. The van der Waals surface area contributed by atoms with E-state index >= 15 is 0 Å². The van der Waals surface area contributed by atoms with Gasteiger partial charge in [-0.25, -0.2) is 35.9 Å². The highest BCUT2D eigenvalue weighted by molar-refractivity contribution is 7.90. The molecule has 4 unspecified atom stereocenters. The van der Waals surface area contributed by atoms with Gasteiger partial charge in [0.2, 0.25) is 20.0 Å². The highest BCUT2D eigenvalue weighted by Gasteiger charge is 2.40. The third kappa shape index (κ3) is 10.0. The first kappa shape index (κ1) is 44.4. The van der Waals surface area contributed by atoms with Gasteiger partial charge in [-0.1, -0.05) is 39.8 Å². The third-order valence-corrected chi connectivity index (χ3v) is 16.4. The highest BCUT2D eigenvalue weighted by atomic mass is 32.2. The number of urea groups is 2. The van der Waals surface area contributed by atoms with Gasteiger partial charge in [-0.2, -0.15) is 0 Å². The Kier molecular flexibility index (Phi) is 14.5. The van der Waals surface area contributed by atoms with Crippen LogP contribution in [0.25, 0.3) is 0 Å². The first-order valence-electron chi connectivity index (χ1n) is 22.1. The molecule has 2 aromatic carbocycles. The first-order chi connectivity index (χ1) is 27.7. The molecule has 0 saturated heterocycles. The summed E-state index contributed by atoms with van der Waals surface area (Å²) < 4.78 is 57.7. The second kappa shape index (κ2) is 19.0. The van der Waals surface area contributed by atoms with Gasteiger partial charge in [-0.3, -0.25) is 0 Å². The maximum absolute atomic E-state index is 13.6. The lowest BCUT2D eigenvalue weighted by Crippen LogP contribution is -2.41. The molecule has 4 aliphatic rings. The molecule has 322 valence electrons. The Morgan fingerprint density at radius 2 is 1.34 bits per heavy atom. The van der Waals surface area contributed by atoms with Gasteiger partial charge in [0.05, 0.1) is 11.0 Å². The van der Waals surface area contributed by atoms with Crippen molar-refractivity contribution >= 4 is 43.5 Å². The standard InChI is InChI=1S/C44H68N6O6S2/c1-7-21-49(9-3)23-19-30(6)58(55,56)48-44(52)46-42-38-16-12-13-31(38)25-33-17-18-36(40(33)42)35-27-34-26-32-14-11-15-37(32)41(39(34)28-35)45-43(51)47-57(53,54)24-20-29(5)50(10-4)22-8-2/h25-26,29-30,35-36H,7-24,27-28H2,1-6H3,(H2,45,47,51)(H2,46,48,52). The zero-order valence-electron chi connectivity index (χ0n) is 35.8. The van der Waals surface area contributed by atoms with Crippen LogP contribution in [0.1, 0.15) is 137 Å². The van der Waals surface area contributed by atoms with Crippen molar-refractivity contribution in [1.82, 2.24) is 19.2 Å². The molecular formula is C44H68N6O6S2. The average Bonchev–Trinajstić information content (AvgIpc) is 4.00. The molecule has 2 aromatic rings. The van der Waals surface area contributed by atoms with Crippen LogP contribution in [0.3, 0.4) is 0 Å². The quantitative estimate of drug-likeness (QED) is 0.118. The molecule has 58 heavy (non-hydrogen) atoms. The Hall–Kier alpha value is -3.20. The predicted octanol–water partition coefficient (Wildman–Crippen LogP) is 7.03. The lowest BCUT2D eigenvalue weighted by Gasteiger charge is -2.27. The van der Waals surface area contributed by atoms with Crippen molar-refractivity contribution in [1.29, 1.82) is 0 Å². The second-order valence-corrected chi connectivity index (χ2v) is 21.2. The van der Waals surface area contributed by atoms with E-state index in [0.29, 0.717) is 19.4 Å². The summed E-state index contributed by atoms with van der Waals surface area (Å²) in [6, 6.07) is 3.27. The van der Waals surface area contributed by atoms with Gasteiger partial charge in [-0.05, 0) is 193 Å². The molecule has 0 fully saturated rings. The predicted molar refractivity (Wildman–Crippen MR) is 234 cm³/mol. The molecule has 0 saturated carbocycles. The number of sulfonamides is 2. The van der Waals surface area contributed by atoms with E-state index in [1.807, 2.05) is 6.92 Å². The van der Waals surface area contributed by atoms with Crippen molar-refractivity contribution in [3.8, 4) is 0 Å². The van der Waals surface area contributed by atoms with Gasteiger partial charge in [0.1, 0.15) is 0 Å². The topological polar surface area (TPSA) is 157 Å². The summed E-state index contributed by atoms with van der Waals surface area (Å²) in [5.74, 6) is 0.205. The molecule has 4 N–H and O–H groups in total. The average molecular weight is 841 g/mol. The molecule has 4 amide bonds. The van der Waals surface area contributed by atoms with Crippen molar-refractivity contribution in [3.05, 3.63) is 56.6 Å². The second-order valence-electron chi connectivity index (χ2n) is 17.3. The maximum atomic E-state index is 13.6. The molecule has 0 bridgehead atoms. The number of benzene rings is 2. The van der Waals surface area contributed by atoms with E-state index in [1.54, 1.807) is 6.92 Å². The highest BCUT2D eigenvalue weighted by Crippen LogP contribution is 2.51. The zero-order valence-corrected chi connectivity index (χ0v) is 37.4. The normalized spacial score (nSPS) is 19.4. The molecule has 0 radical (unpaired) electrons. The number of anilines is 2. The maximum Gasteiger partial charge on any atom is 0.332 e. The van der Waals surface area contributed by atoms with Gasteiger partial charge >= 0.3 is 12.1 Å². The van der Waals surface area contributed by atoms with Crippen LogP contribution >= 0.6 is 0 Å². The van der Waals surface area contributed by atoms with E-state index in [0.717, 1.165) is 137 Å². The molecule has 0 aliphatic heterocycles. The Morgan fingerprint density at radius 3 is 2.00 bits per heavy atom. The summed E-state index contributed by atoms with van der Waals surface area (Å²) in [5.41, 5.74) is 10.8. The minimum atomic E-state index is -3.91. The summed E-state index contributed by atoms with van der Waals surface area (Å²) in [4.78, 5) is 31.6. The van der Waals surface area contributed by atoms with Crippen molar-refractivity contribution in [2.75, 3.05) is 49.1 Å². The molecule has 12 nitrogen and oxygen atoms in total. The molecule has 4 aliphatic carbocycles. The molecule has 0 spiro atoms. The lowest BCUT2D eigenvalue weighted by molar-refractivity contribution is 0.215. The van der Waals surface area contributed by atoms with Gasteiger partial charge in [0.25, 0.3) is 0 Å². The number of hydrogen-bond donors (Lipinski definition) is 4. The Bertz CT molecular complexity index is 2050. The van der Waals surface area contributed by atoms with Crippen molar-refractivity contribution < 1.29 is 26.4 Å². The summed E-state index contributed by atoms with van der Waals surface area (Å²) >= 11 is 0. The van der Waals surface area contributed by atoms with Crippen LogP contribution in [0, 0.1) is 5.92 Å². The van der Waals surface area contributed by atoms with E-state index < -0.39 is 37.4 Å². The molecule has 14 heteroatoms. The van der Waals surface area contributed by atoms with Crippen LogP contribution in [0.4, 0.5) is 21.0 Å². The zero-order chi connectivity index (χ0) is 41.8. The lowest BCUT2D eigenvalue weighted by atomic mass is 9.83. The van der Waals surface area contributed by atoms with Crippen molar-refractivity contribution in [2.24, 2.45) is 5.92 Å². The van der Waals surface area contributed by atoms with Gasteiger partial charge in [-0.15, -0.1) is 0 Å². The van der Waals surface area contributed by atoms with E-state index in [2.05, 4.69) is 69.7 Å². The van der Waals surface area contributed by atoms with Crippen LogP contribution in [-0.2, 0) is 65.0 Å². The monoisotopic (exact) mass is 840 g/mol. The SMILES string of the molecule is CCCN(CC)CCC(C)S(=O)(=O)NC(=O)Nc1c2c(cc3c1C(C1Cc4cc5c(c(NC(=O)NS(=O)(=O)CCC(C)N(CC)CCC)c4C1)CCC5)CC3)CCC2. The summed E-state index contributed by atoms with van der Waals surface area (Å²) in [6.07, 6.45) is 11.7. The van der Waals surface area contributed by atoms with Crippen LogP contribution in [0.2, 0.25) is 0 Å². The van der Waals surface area contributed by atoms with Gasteiger partial charge in [0, 0.05) is 17.4 Å². The molecule has 0 heterocycles. The molecule has 4 atom stereocenters. The van der Waals surface area contributed by atoms with E-state index in [-0.39, 0.29) is 23.6 Å². The van der Waals surface area contributed by atoms with Crippen molar-refractivity contribution in [3.63, 3.8) is 0 Å². The minimum absolute atomic E-state index is 0.0863. The fraction of sp³-hybridized carbons (Fsp3) is 0.682. The third-order valence-electron chi connectivity index (χ3n) is 13.4. The Balaban J connectivity index is 1.18. The van der Waals surface area contributed by atoms with Crippen molar-refractivity contribution in [2.45, 2.75) is 149 Å². The number of carbonyl (C=O) groups excluding carboxylic acids is 2. The molecule has 0 aromatic heterocycles. The van der Waals surface area contributed by atoms with E-state index in [1.165, 1.54) is 22.3 Å². The minimum Gasteiger partial charge on any atom is -0.307 e. The largest absolute Gasteiger partial charge is 0.332 e. The number of rotatable bonds is 19.